The fourth-order valence-electron chi connectivity index (χ4n) is 3.12. The van der Waals surface area contributed by atoms with Crippen LogP contribution in [0.3, 0.4) is 0 Å². The first-order valence-electron chi connectivity index (χ1n) is 8.92. The van der Waals surface area contributed by atoms with E-state index in [0.717, 1.165) is 0 Å². The number of hydrogen-bond donors (Lipinski definition) is 3. The maximum atomic E-state index is 12.9. The summed E-state index contributed by atoms with van der Waals surface area (Å²) in [4.78, 5) is 49.7. The molecule has 2 rings (SSSR count). The van der Waals surface area contributed by atoms with E-state index < -0.39 is 41.4 Å². The van der Waals surface area contributed by atoms with Gasteiger partial charge < -0.3 is 26.0 Å². The number of nitrogens with zero attached hydrogens (tertiary/aromatic N) is 1. The first-order valence-corrected chi connectivity index (χ1v) is 8.92. The van der Waals surface area contributed by atoms with Gasteiger partial charge in [0.15, 0.2) is 0 Å². The lowest BCUT2D eigenvalue weighted by molar-refractivity contribution is -0.143. The zero-order valence-electron chi connectivity index (χ0n) is 15.5. The molecule has 0 aromatic heterocycles. The van der Waals surface area contributed by atoms with Gasteiger partial charge in [0.05, 0.1) is 12.2 Å². The lowest BCUT2D eigenvalue weighted by Gasteiger charge is -2.30. The van der Waals surface area contributed by atoms with E-state index in [4.69, 9.17) is 10.5 Å². The standard InChI is InChI=1S/C17H28N4O5/c1-17(2,3)26-9-11(20-15(24)10-6-7-13(22)19-10)16(25)21-8-4-5-12(21)14(18)23/h10-12H,4-9H2,1-3H3,(H2,18,23)(H,19,22)(H,20,24)/t10-,11-,12-/m0/s1. The smallest absolute Gasteiger partial charge is 0.248 e. The quantitative estimate of drug-likeness (QED) is 0.556. The zero-order valence-corrected chi connectivity index (χ0v) is 15.5. The van der Waals surface area contributed by atoms with Crippen molar-refractivity contribution in [2.45, 2.75) is 70.2 Å². The maximum Gasteiger partial charge on any atom is 0.248 e. The molecular formula is C17H28N4O5. The molecule has 0 bridgehead atoms. The molecule has 3 atom stereocenters. The summed E-state index contributed by atoms with van der Waals surface area (Å²) < 4.78 is 5.69. The van der Waals surface area contributed by atoms with Crippen molar-refractivity contribution in [2.24, 2.45) is 5.73 Å². The molecule has 0 aromatic rings. The number of rotatable bonds is 6. The third-order valence-corrected chi connectivity index (χ3v) is 4.47. The second kappa shape index (κ2) is 8.03. The lowest BCUT2D eigenvalue weighted by Crippen LogP contribution is -2.57. The fourth-order valence-corrected chi connectivity index (χ4v) is 3.12. The molecule has 4 N–H and O–H groups in total. The fraction of sp³-hybridized carbons (Fsp3) is 0.765. The van der Waals surface area contributed by atoms with Gasteiger partial charge >= 0.3 is 0 Å². The molecule has 0 radical (unpaired) electrons. The van der Waals surface area contributed by atoms with E-state index in [0.29, 0.717) is 25.8 Å². The van der Waals surface area contributed by atoms with Gasteiger partial charge in [0.25, 0.3) is 0 Å². The van der Waals surface area contributed by atoms with Crippen molar-refractivity contribution in [1.29, 1.82) is 0 Å². The molecule has 146 valence electrons. The van der Waals surface area contributed by atoms with E-state index in [9.17, 15) is 19.2 Å². The first kappa shape index (κ1) is 20.2. The zero-order chi connectivity index (χ0) is 19.5. The van der Waals surface area contributed by atoms with Crippen LogP contribution >= 0.6 is 0 Å². The Morgan fingerprint density at radius 2 is 2.04 bits per heavy atom. The number of carbonyl (C=O) groups excluding carboxylic acids is 4. The van der Waals surface area contributed by atoms with E-state index in [1.807, 2.05) is 20.8 Å². The van der Waals surface area contributed by atoms with Crippen LogP contribution < -0.4 is 16.4 Å². The second-order valence-corrected chi connectivity index (χ2v) is 7.74. The van der Waals surface area contributed by atoms with Crippen molar-refractivity contribution in [3.05, 3.63) is 0 Å². The Hall–Kier alpha value is -2.16. The average molecular weight is 368 g/mol. The van der Waals surface area contributed by atoms with E-state index >= 15 is 0 Å². The van der Waals surface area contributed by atoms with E-state index in [-0.39, 0.29) is 18.9 Å². The molecule has 9 heteroatoms. The average Bonchev–Trinajstić information content (AvgIpc) is 3.18. The topological polar surface area (TPSA) is 131 Å². The van der Waals surface area contributed by atoms with Gasteiger partial charge in [-0.2, -0.15) is 0 Å². The highest BCUT2D eigenvalue weighted by Gasteiger charge is 2.38. The molecule has 4 amide bonds. The summed E-state index contributed by atoms with van der Waals surface area (Å²) in [7, 11) is 0. The molecule has 2 saturated heterocycles. The molecule has 0 saturated carbocycles. The Morgan fingerprint density at radius 1 is 1.35 bits per heavy atom. The largest absolute Gasteiger partial charge is 0.373 e. The van der Waals surface area contributed by atoms with Gasteiger partial charge in [-0.05, 0) is 40.0 Å². The van der Waals surface area contributed by atoms with Crippen molar-refractivity contribution in [1.82, 2.24) is 15.5 Å². The van der Waals surface area contributed by atoms with Crippen LogP contribution in [0.4, 0.5) is 0 Å². The highest BCUT2D eigenvalue weighted by Crippen LogP contribution is 2.19. The molecule has 26 heavy (non-hydrogen) atoms. The van der Waals surface area contributed by atoms with Crippen LogP contribution in [0.5, 0.6) is 0 Å². The minimum absolute atomic E-state index is 0.0310. The van der Waals surface area contributed by atoms with E-state index in [2.05, 4.69) is 10.6 Å². The molecule has 2 fully saturated rings. The first-order chi connectivity index (χ1) is 12.1. The van der Waals surface area contributed by atoms with Gasteiger partial charge in [0.1, 0.15) is 18.1 Å². The Kier molecular flexibility index (Phi) is 6.22. The highest BCUT2D eigenvalue weighted by molar-refractivity contribution is 5.95. The minimum Gasteiger partial charge on any atom is -0.373 e. The summed E-state index contributed by atoms with van der Waals surface area (Å²) in [5.74, 6) is -1.57. The Bertz CT molecular complexity index is 586. The molecule has 0 unspecified atom stereocenters. The molecule has 2 heterocycles. The molecule has 0 spiro atoms. The van der Waals surface area contributed by atoms with Crippen molar-refractivity contribution < 1.29 is 23.9 Å². The number of carbonyl (C=O) groups is 4. The van der Waals surface area contributed by atoms with Crippen molar-refractivity contribution in [3.63, 3.8) is 0 Å². The number of amides is 4. The summed E-state index contributed by atoms with van der Waals surface area (Å²) in [6.45, 7) is 5.91. The molecule has 0 aliphatic carbocycles. The molecule has 0 aromatic carbocycles. The van der Waals surface area contributed by atoms with Crippen molar-refractivity contribution in [3.8, 4) is 0 Å². The third-order valence-electron chi connectivity index (χ3n) is 4.47. The molecule has 2 aliphatic heterocycles. The minimum atomic E-state index is -0.945. The third kappa shape index (κ3) is 5.17. The Labute approximate surface area is 153 Å². The number of primary amides is 1. The van der Waals surface area contributed by atoms with Crippen molar-refractivity contribution >= 4 is 23.6 Å². The van der Waals surface area contributed by atoms with Crippen LogP contribution in [0.2, 0.25) is 0 Å². The molecule has 2 aliphatic rings. The highest BCUT2D eigenvalue weighted by atomic mass is 16.5. The van der Waals surface area contributed by atoms with Crippen LogP contribution in [-0.4, -0.2) is 65.4 Å². The van der Waals surface area contributed by atoms with Crippen LogP contribution in [0, 0.1) is 0 Å². The summed E-state index contributed by atoms with van der Waals surface area (Å²) in [6, 6.07) is -2.26. The van der Waals surface area contributed by atoms with E-state index in [1.165, 1.54) is 4.90 Å². The molecular weight excluding hydrogens is 340 g/mol. The van der Waals surface area contributed by atoms with Crippen LogP contribution in [0.25, 0.3) is 0 Å². The monoisotopic (exact) mass is 368 g/mol. The number of nitrogens with one attached hydrogen (secondary N) is 2. The van der Waals surface area contributed by atoms with Crippen LogP contribution in [-0.2, 0) is 23.9 Å². The summed E-state index contributed by atoms with van der Waals surface area (Å²) in [5.41, 5.74) is 4.89. The number of ether oxygens (including phenoxy) is 1. The van der Waals surface area contributed by atoms with Gasteiger partial charge in [-0.25, -0.2) is 0 Å². The second-order valence-electron chi connectivity index (χ2n) is 7.74. The van der Waals surface area contributed by atoms with Gasteiger partial charge in [0, 0.05) is 13.0 Å². The van der Waals surface area contributed by atoms with Gasteiger partial charge in [-0.15, -0.1) is 0 Å². The van der Waals surface area contributed by atoms with Crippen LogP contribution in [0.15, 0.2) is 0 Å². The Morgan fingerprint density at radius 3 is 2.58 bits per heavy atom. The maximum absolute atomic E-state index is 12.9. The normalized spacial score (nSPS) is 24.3. The number of likely N-dealkylation sites (tertiary alicyclic amines) is 1. The van der Waals surface area contributed by atoms with E-state index in [1.54, 1.807) is 0 Å². The summed E-state index contributed by atoms with van der Waals surface area (Å²) in [6.07, 6.45) is 1.86. The number of nitrogens with two attached hydrogens (primary N) is 1. The summed E-state index contributed by atoms with van der Waals surface area (Å²) in [5, 5.41) is 5.24. The van der Waals surface area contributed by atoms with Gasteiger partial charge in [-0.3, -0.25) is 19.2 Å². The summed E-state index contributed by atoms with van der Waals surface area (Å²) >= 11 is 0. The predicted octanol–water partition coefficient (Wildman–Crippen LogP) is -0.959. The SMILES string of the molecule is CC(C)(C)OC[C@H](NC(=O)[C@@H]1CCC(=O)N1)C(=O)N1CCC[C@H]1C(N)=O. The van der Waals surface area contributed by atoms with Gasteiger partial charge in [-0.1, -0.05) is 0 Å². The lowest BCUT2D eigenvalue weighted by atomic mass is 10.1. The van der Waals surface area contributed by atoms with Gasteiger partial charge in [0.2, 0.25) is 23.6 Å². The molecule has 9 nitrogen and oxygen atoms in total. The van der Waals surface area contributed by atoms with Crippen molar-refractivity contribution in [2.75, 3.05) is 13.2 Å². The Balaban J connectivity index is 2.09. The number of hydrogen-bond acceptors (Lipinski definition) is 5. The van der Waals surface area contributed by atoms with Crippen LogP contribution in [0.1, 0.15) is 46.5 Å². The predicted molar refractivity (Wildman–Crippen MR) is 92.7 cm³/mol.